The Morgan fingerprint density at radius 1 is 1.17 bits per heavy atom. The van der Waals surface area contributed by atoms with Gasteiger partial charge in [-0.2, -0.15) is 10.2 Å². The Labute approximate surface area is 279 Å². The summed E-state index contributed by atoms with van der Waals surface area (Å²) < 4.78 is 29.0. The molecule has 0 saturated heterocycles. The maximum Gasteiger partial charge on any atom is 1.00 e. The first-order chi connectivity index (χ1) is 18.8. The number of aromatic nitrogens is 7. The van der Waals surface area contributed by atoms with E-state index in [0.29, 0.717) is 29.2 Å². The van der Waals surface area contributed by atoms with E-state index in [1.807, 2.05) is 11.6 Å². The summed E-state index contributed by atoms with van der Waals surface area (Å²) in [6, 6.07) is 0.152. The number of phosphoric ester groups is 1. The minimum absolute atomic E-state index is 0. The van der Waals surface area contributed by atoms with E-state index in [-0.39, 0.29) is 82.8 Å². The standard InChI is InChI=1S/C23H27N8O7P.2Na/c1-2-36-17-5-3-16(4-6-17)31-12-19(21(29-31)18-10-24-7-8-25-18)27-22(32)20-13-37-23(28-20)15-9-26-30(11-15)14-38-39(33,34)35;;/h7-13,16-17H,2-6,14H2,1H3,(H,27,32)(H2,33,34,35);;/q;2*+1/p-2/t16-,17-;;. The minimum Gasteiger partial charge on any atom is -0.790 e. The molecule has 0 aliphatic heterocycles. The molecule has 18 heteroatoms. The van der Waals surface area contributed by atoms with Crippen LogP contribution in [0.25, 0.3) is 22.8 Å². The van der Waals surface area contributed by atoms with Gasteiger partial charge in [0.25, 0.3) is 5.91 Å². The predicted molar refractivity (Wildman–Crippen MR) is 131 cm³/mol. The molecule has 0 unspecified atom stereocenters. The molecule has 1 saturated carbocycles. The zero-order chi connectivity index (χ0) is 27.4. The SMILES string of the molecule is CCO[C@H]1CC[C@H](n2cc(NC(=O)c3coc(-c4cnn(COP(=O)([O-])[O-])c4)n3)c(-c3cnccn3)n2)CC1.[Na+].[Na+]. The number of amides is 1. The van der Waals surface area contributed by atoms with Gasteiger partial charge in [-0.25, -0.2) is 9.67 Å². The van der Waals surface area contributed by atoms with E-state index < -0.39 is 20.5 Å². The molecule has 0 radical (unpaired) electrons. The van der Waals surface area contributed by atoms with Crippen molar-refractivity contribution in [2.75, 3.05) is 11.9 Å². The molecule has 1 amide bonds. The fourth-order valence-electron chi connectivity index (χ4n) is 4.36. The number of hydrogen-bond donors (Lipinski definition) is 1. The van der Waals surface area contributed by atoms with Crippen molar-refractivity contribution in [3.8, 4) is 22.8 Å². The Balaban J connectivity index is 0.00000231. The second kappa shape index (κ2) is 15.1. The Kier molecular flexibility index (Phi) is 12.4. The fourth-order valence-corrected chi connectivity index (χ4v) is 4.62. The third-order valence-corrected chi connectivity index (χ3v) is 6.60. The molecule has 1 aliphatic rings. The summed E-state index contributed by atoms with van der Waals surface area (Å²) in [5, 5.41) is 11.5. The number of rotatable bonds is 10. The van der Waals surface area contributed by atoms with Gasteiger partial charge in [-0.3, -0.25) is 19.4 Å². The van der Waals surface area contributed by atoms with E-state index in [2.05, 4.69) is 29.9 Å². The Morgan fingerprint density at radius 3 is 2.63 bits per heavy atom. The van der Waals surface area contributed by atoms with Crippen LogP contribution in [-0.4, -0.2) is 53.1 Å². The molecule has 4 heterocycles. The van der Waals surface area contributed by atoms with Crippen LogP contribution in [0, 0.1) is 0 Å². The monoisotopic (exact) mass is 602 g/mol. The van der Waals surface area contributed by atoms with Crippen molar-refractivity contribution in [1.82, 2.24) is 34.5 Å². The van der Waals surface area contributed by atoms with Gasteiger partial charge in [-0.05, 0) is 32.6 Å². The number of carbonyl (C=O) groups is 1. The summed E-state index contributed by atoms with van der Waals surface area (Å²) in [6.45, 7) is 2.09. The molecule has 41 heavy (non-hydrogen) atoms. The van der Waals surface area contributed by atoms with Crippen LogP contribution >= 0.6 is 7.82 Å². The zero-order valence-corrected chi connectivity index (χ0v) is 27.8. The largest absolute Gasteiger partial charge is 1.00 e. The number of oxazole rings is 1. The Morgan fingerprint density at radius 2 is 1.95 bits per heavy atom. The molecular weight excluding hydrogens is 577 g/mol. The molecule has 15 nitrogen and oxygen atoms in total. The second-order valence-electron chi connectivity index (χ2n) is 8.81. The summed E-state index contributed by atoms with van der Waals surface area (Å²) in [7, 11) is -5.15. The molecule has 4 aromatic rings. The van der Waals surface area contributed by atoms with Gasteiger partial charge in [0.05, 0.1) is 43.6 Å². The molecule has 0 aromatic carbocycles. The van der Waals surface area contributed by atoms with Gasteiger partial charge in [-0.1, -0.05) is 0 Å². The van der Waals surface area contributed by atoms with Crippen LogP contribution in [0.3, 0.4) is 0 Å². The Hall–Kier alpha value is -1.75. The number of nitrogens with zero attached hydrogens (tertiary/aromatic N) is 7. The molecule has 206 valence electrons. The number of hydrogen-bond acceptors (Lipinski definition) is 12. The topological polar surface area (TPSA) is 198 Å². The van der Waals surface area contributed by atoms with Crippen molar-refractivity contribution in [1.29, 1.82) is 0 Å². The first-order valence-corrected chi connectivity index (χ1v) is 13.7. The smallest absolute Gasteiger partial charge is 0.790 e. The molecule has 4 aromatic heterocycles. The predicted octanol–water partition coefficient (Wildman–Crippen LogP) is -4.23. The minimum atomic E-state index is -5.15. The Bertz CT molecular complexity index is 1470. The maximum atomic E-state index is 13.1. The second-order valence-corrected chi connectivity index (χ2v) is 9.97. The molecule has 0 spiro atoms. The van der Waals surface area contributed by atoms with Gasteiger partial charge in [0, 0.05) is 31.4 Å². The third kappa shape index (κ3) is 8.88. The van der Waals surface area contributed by atoms with Gasteiger partial charge in [-0.15, -0.1) is 0 Å². The van der Waals surface area contributed by atoms with Crippen LogP contribution in [0.2, 0.25) is 0 Å². The molecule has 5 rings (SSSR count). The number of anilines is 1. The number of carbonyl (C=O) groups excluding carboxylic acids is 1. The van der Waals surface area contributed by atoms with Gasteiger partial charge < -0.3 is 33.3 Å². The molecule has 0 bridgehead atoms. The average Bonchev–Trinajstić information content (AvgIpc) is 3.68. The quantitative estimate of drug-likeness (QED) is 0.136. The normalized spacial score (nSPS) is 17.0. The summed E-state index contributed by atoms with van der Waals surface area (Å²) in [5.74, 6) is -0.473. The van der Waals surface area contributed by atoms with Gasteiger partial charge in [0.15, 0.2) is 5.69 Å². The summed E-state index contributed by atoms with van der Waals surface area (Å²) in [5.41, 5.74) is 1.77. The number of ether oxygens (including phenoxy) is 1. The van der Waals surface area contributed by atoms with Crippen LogP contribution < -0.4 is 74.2 Å². The van der Waals surface area contributed by atoms with Crippen molar-refractivity contribution in [3.63, 3.8) is 0 Å². The van der Waals surface area contributed by atoms with E-state index >= 15 is 0 Å². The van der Waals surface area contributed by atoms with Crippen molar-refractivity contribution in [2.24, 2.45) is 0 Å². The van der Waals surface area contributed by atoms with Crippen molar-refractivity contribution in [2.45, 2.75) is 51.5 Å². The maximum absolute atomic E-state index is 13.1. The molecule has 1 fully saturated rings. The van der Waals surface area contributed by atoms with Crippen LogP contribution in [-0.2, 0) is 20.6 Å². The average molecular weight is 602 g/mol. The fraction of sp³-hybridized carbons (Fsp3) is 0.391. The number of nitrogens with one attached hydrogen (secondary N) is 1. The first kappa shape index (κ1) is 33.7. The van der Waals surface area contributed by atoms with Crippen LogP contribution in [0.4, 0.5) is 5.69 Å². The van der Waals surface area contributed by atoms with Crippen LogP contribution in [0.5, 0.6) is 0 Å². The van der Waals surface area contributed by atoms with Gasteiger partial charge in [0.2, 0.25) is 5.89 Å². The molecular formula is C23H25N8Na2O7P. The number of phosphoric acid groups is 1. The van der Waals surface area contributed by atoms with Gasteiger partial charge >= 0.3 is 59.1 Å². The van der Waals surface area contributed by atoms with E-state index in [0.717, 1.165) is 30.4 Å². The van der Waals surface area contributed by atoms with E-state index in [9.17, 15) is 19.1 Å². The summed E-state index contributed by atoms with van der Waals surface area (Å²) in [4.78, 5) is 47.1. The van der Waals surface area contributed by atoms with Crippen LogP contribution in [0.1, 0.15) is 49.1 Å². The van der Waals surface area contributed by atoms with E-state index in [4.69, 9.17) is 14.3 Å². The van der Waals surface area contributed by atoms with Crippen LogP contribution in [0.15, 0.2) is 47.9 Å². The van der Waals surface area contributed by atoms with Crippen molar-refractivity contribution < 1.29 is 91.9 Å². The van der Waals surface area contributed by atoms with Crippen molar-refractivity contribution >= 4 is 19.4 Å². The molecule has 0 atom stereocenters. The van der Waals surface area contributed by atoms with E-state index in [1.165, 1.54) is 18.7 Å². The summed E-state index contributed by atoms with van der Waals surface area (Å²) in [6.07, 6.45) is 14.2. The van der Waals surface area contributed by atoms with Gasteiger partial charge in [0.1, 0.15) is 24.4 Å². The molecule has 1 N–H and O–H groups in total. The van der Waals surface area contributed by atoms with E-state index in [1.54, 1.807) is 24.8 Å². The van der Waals surface area contributed by atoms with Crippen molar-refractivity contribution in [3.05, 3.63) is 49.1 Å². The third-order valence-electron chi connectivity index (χ3n) is 6.17. The zero-order valence-electron chi connectivity index (χ0n) is 22.9. The first-order valence-electron chi connectivity index (χ1n) is 12.2. The summed E-state index contributed by atoms with van der Waals surface area (Å²) >= 11 is 0. The molecule has 1 aliphatic carbocycles.